The molecule has 154 valence electrons. The lowest BCUT2D eigenvalue weighted by Crippen LogP contribution is -2.31. The molecule has 0 unspecified atom stereocenters. The van der Waals surface area contributed by atoms with Crippen molar-refractivity contribution in [2.75, 3.05) is 30.3 Å². The Morgan fingerprint density at radius 3 is 2.45 bits per heavy atom. The largest absolute Gasteiger partial charge is 0.376 e. The van der Waals surface area contributed by atoms with Crippen LogP contribution in [0.25, 0.3) is 0 Å². The highest BCUT2D eigenvalue weighted by atomic mass is 35.5. The number of nitriles is 1. The van der Waals surface area contributed by atoms with E-state index in [-0.39, 0.29) is 22.0 Å². The van der Waals surface area contributed by atoms with E-state index in [0.29, 0.717) is 29.5 Å². The molecule has 0 aliphatic carbocycles. The van der Waals surface area contributed by atoms with Crippen molar-refractivity contribution in [2.24, 2.45) is 0 Å². The molecule has 2 aromatic rings. The Kier molecular flexibility index (Phi) is 7.88. The van der Waals surface area contributed by atoms with Gasteiger partial charge in [-0.1, -0.05) is 37.0 Å². The van der Waals surface area contributed by atoms with Gasteiger partial charge >= 0.3 is 0 Å². The summed E-state index contributed by atoms with van der Waals surface area (Å²) in [6.07, 6.45) is 0. The molecule has 29 heavy (non-hydrogen) atoms. The molecule has 1 amide bonds. The summed E-state index contributed by atoms with van der Waals surface area (Å²) in [6, 6.07) is 11.0. The average Bonchev–Trinajstić information content (AvgIpc) is 2.68. The van der Waals surface area contributed by atoms with Gasteiger partial charge in [-0.05, 0) is 36.4 Å². The number of halogens is 2. The van der Waals surface area contributed by atoms with Crippen LogP contribution in [0.2, 0.25) is 10.0 Å². The van der Waals surface area contributed by atoms with E-state index < -0.39 is 15.9 Å². The zero-order valence-corrected chi connectivity index (χ0v) is 18.2. The van der Waals surface area contributed by atoms with Crippen LogP contribution < -0.4 is 10.6 Å². The normalized spacial score (nSPS) is 11.2. The lowest BCUT2D eigenvalue weighted by atomic mass is 10.2. The van der Waals surface area contributed by atoms with E-state index in [1.807, 2.05) is 6.07 Å². The third kappa shape index (κ3) is 5.61. The molecule has 0 atom stereocenters. The summed E-state index contributed by atoms with van der Waals surface area (Å²) in [6.45, 7) is 3.97. The summed E-state index contributed by atoms with van der Waals surface area (Å²) in [4.78, 5) is 12.2. The fourth-order valence-electron chi connectivity index (χ4n) is 2.61. The van der Waals surface area contributed by atoms with Crippen molar-refractivity contribution >= 4 is 50.5 Å². The van der Waals surface area contributed by atoms with Crippen LogP contribution in [0.1, 0.15) is 19.4 Å². The third-order valence-electron chi connectivity index (χ3n) is 4.08. The lowest BCUT2D eigenvalue weighted by molar-refractivity contribution is -0.114. The maximum atomic E-state index is 12.7. The van der Waals surface area contributed by atoms with E-state index in [1.165, 1.54) is 28.6 Å². The number of nitrogens with one attached hydrogen (secondary N) is 2. The van der Waals surface area contributed by atoms with Gasteiger partial charge in [0.05, 0.1) is 22.8 Å². The summed E-state index contributed by atoms with van der Waals surface area (Å²) in [7, 11) is -3.75. The Morgan fingerprint density at radius 1 is 1.14 bits per heavy atom. The predicted molar refractivity (Wildman–Crippen MR) is 115 cm³/mol. The minimum Gasteiger partial charge on any atom is -0.376 e. The zero-order chi connectivity index (χ0) is 21.6. The maximum absolute atomic E-state index is 12.7. The molecular formula is C19H20Cl2N4O3S. The highest BCUT2D eigenvalue weighted by molar-refractivity contribution is 7.89. The van der Waals surface area contributed by atoms with Crippen molar-refractivity contribution < 1.29 is 13.2 Å². The first kappa shape index (κ1) is 23.0. The summed E-state index contributed by atoms with van der Waals surface area (Å²) >= 11 is 12.0. The molecule has 10 heteroatoms. The van der Waals surface area contributed by atoms with Crippen LogP contribution in [0.4, 0.5) is 11.4 Å². The fraction of sp³-hybridized carbons (Fsp3) is 0.263. The van der Waals surface area contributed by atoms with Gasteiger partial charge < -0.3 is 10.6 Å². The molecule has 0 bridgehead atoms. The van der Waals surface area contributed by atoms with Crippen molar-refractivity contribution in [3.8, 4) is 6.07 Å². The Bertz CT molecular complexity index is 1050. The minimum atomic E-state index is -3.75. The number of hydrogen-bond donors (Lipinski definition) is 2. The minimum absolute atomic E-state index is 0.0325. The van der Waals surface area contributed by atoms with E-state index in [1.54, 1.807) is 26.0 Å². The summed E-state index contributed by atoms with van der Waals surface area (Å²) in [5, 5.41) is 15.1. The molecule has 0 aliphatic heterocycles. The van der Waals surface area contributed by atoms with Crippen LogP contribution in [0.5, 0.6) is 0 Å². The van der Waals surface area contributed by atoms with Crippen LogP contribution in [0.3, 0.4) is 0 Å². The number of carbonyl (C=O) groups excluding carboxylic acids is 1. The monoisotopic (exact) mass is 454 g/mol. The van der Waals surface area contributed by atoms with Gasteiger partial charge in [-0.25, -0.2) is 8.42 Å². The quantitative estimate of drug-likeness (QED) is 0.628. The lowest BCUT2D eigenvalue weighted by Gasteiger charge is -2.20. The van der Waals surface area contributed by atoms with Gasteiger partial charge in [0.2, 0.25) is 15.9 Å². The number of sulfonamides is 1. The number of nitrogens with zero attached hydrogens (tertiary/aromatic N) is 2. The Hall–Kier alpha value is -2.31. The Labute approximate surface area is 180 Å². The van der Waals surface area contributed by atoms with Crippen LogP contribution in [-0.4, -0.2) is 38.3 Å². The van der Waals surface area contributed by atoms with Crippen LogP contribution in [0, 0.1) is 11.3 Å². The van der Waals surface area contributed by atoms with Crippen molar-refractivity contribution in [2.45, 2.75) is 18.7 Å². The molecule has 7 nitrogen and oxygen atoms in total. The smallest absolute Gasteiger partial charge is 0.244 e. The van der Waals surface area contributed by atoms with E-state index in [0.717, 1.165) is 0 Å². The molecule has 0 spiro atoms. The van der Waals surface area contributed by atoms with Gasteiger partial charge in [0.15, 0.2) is 0 Å². The van der Waals surface area contributed by atoms with Crippen molar-refractivity contribution in [1.29, 1.82) is 5.26 Å². The number of anilines is 2. The number of rotatable bonds is 8. The molecule has 0 aliphatic rings. The van der Waals surface area contributed by atoms with Gasteiger partial charge in [-0.2, -0.15) is 9.57 Å². The summed E-state index contributed by atoms with van der Waals surface area (Å²) < 4.78 is 26.8. The highest BCUT2D eigenvalue weighted by Crippen LogP contribution is 2.28. The Morgan fingerprint density at radius 2 is 1.83 bits per heavy atom. The molecular weight excluding hydrogens is 435 g/mol. The third-order valence-corrected chi connectivity index (χ3v) is 6.85. The second-order valence-electron chi connectivity index (χ2n) is 5.94. The first-order valence-corrected chi connectivity index (χ1v) is 11.0. The molecule has 0 heterocycles. The SMILES string of the molecule is CCN(CC)S(=O)(=O)c1cc(NCC(=O)Nc2cc(Cl)ccc2C#N)ccc1Cl. The topological polar surface area (TPSA) is 102 Å². The standard InChI is InChI=1S/C19H20Cl2N4O3S/c1-3-25(4-2)29(27,28)18-10-15(7-8-16(18)21)23-12-19(26)24-17-9-14(20)6-5-13(17)11-22/h5-10,23H,3-4,12H2,1-2H3,(H,24,26). The molecule has 2 rings (SSSR count). The van der Waals surface area contributed by atoms with Crippen molar-refractivity contribution in [3.05, 3.63) is 52.0 Å². The van der Waals surface area contributed by atoms with Crippen LogP contribution in [-0.2, 0) is 14.8 Å². The van der Waals surface area contributed by atoms with Gasteiger partial charge in [-0.15, -0.1) is 0 Å². The van der Waals surface area contributed by atoms with Gasteiger partial charge in [0, 0.05) is 23.8 Å². The molecule has 0 fully saturated rings. The fourth-order valence-corrected chi connectivity index (χ4v) is 4.74. The van der Waals surface area contributed by atoms with E-state index >= 15 is 0 Å². The van der Waals surface area contributed by atoms with Crippen molar-refractivity contribution in [3.63, 3.8) is 0 Å². The Balaban J connectivity index is 2.15. The van der Waals surface area contributed by atoms with E-state index in [4.69, 9.17) is 28.5 Å². The second-order valence-corrected chi connectivity index (χ2v) is 8.69. The van der Waals surface area contributed by atoms with Crippen molar-refractivity contribution in [1.82, 2.24) is 4.31 Å². The molecule has 0 saturated carbocycles. The maximum Gasteiger partial charge on any atom is 0.244 e. The number of carbonyl (C=O) groups is 1. The summed E-state index contributed by atoms with van der Waals surface area (Å²) in [5.74, 6) is -0.424. The second kappa shape index (κ2) is 9.94. The molecule has 2 N–H and O–H groups in total. The molecule has 2 aromatic carbocycles. The zero-order valence-electron chi connectivity index (χ0n) is 15.9. The molecule has 0 radical (unpaired) electrons. The number of benzene rings is 2. The first-order chi connectivity index (χ1) is 13.7. The van der Waals surface area contributed by atoms with Gasteiger partial charge in [-0.3, -0.25) is 4.79 Å². The average molecular weight is 455 g/mol. The highest BCUT2D eigenvalue weighted by Gasteiger charge is 2.24. The number of hydrogen-bond acceptors (Lipinski definition) is 5. The number of amides is 1. The predicted octanol–water partition coefficient (Wildman–Crippen LogP) is 3.95. The van der Waals surface area contributed by atoms with E-state index in [2.05, 4.69) is 10.6 Å². The van der Waals surface area contributed by atoms with Crippen LogP contribution >= 0.6 is 23.2 Å². The molecule has 0 saturated heterocycles. The van der Waals surface area contributed by atoms with Crippen LogP contribution in [0.15, 0.2) is 41.3 Å². The molecule has 0 aromatic heterocycles. The van der Waals surface area contributed by atoms with E-state index in [9.17, 15) is 13.2 Å². The van der Waals surface area contributed by atoms with Gasteiger partial charge in [0.1, 0.15) is 11.0 Å². The summed E-state index contributed by atoms with van der Waals surface area (Å²) in [5.41, 5.74) is 0.997. The van der Waals surface area contributed by atoms with Gasteiger partial charge in [0.25, 0.3) is 0 Å². The first-order valence-electron chi connectivity index (χ1n) is 8.76.